The lowest BCUT2D eigenvalue weighted by atomic mass is 10.1. The number of anilines is 1. The topological polar surface area (TPSA) is 113 Å². The van der Waals surface area contributed by atoms with Gasteiger partial charge in [-0.3, -0.25) is 9.10 Å². The number of carbonyl (C=O) groups excluding carboxylic acids is 1. The molecule has 0 bridgehead atoms. The predicted octanol–water partition coefficient (Wildman–Crippen LogP) is 3.87. The molecule has 4 rings (SSSR count). The molecule has 1 amide bonds. The maximum atomic E-state index is 13.5. The number of amides is 1. The summed E-state index contributed by atoms with van der Waals surface area (Å²) in [7, 11) is -7.51. The minimum absolute atomic E-state index is 0.0936. The van der Waals surface area contributed by atoms with Crippen molar-refractivity contribution < 1.29 is 26.4 Å². The lowest BCUT2D eigenvalue weighted by molar-refractivity contribution is -0.119. The van der Waals surface area contributed by atoms with Gasteiger partial charge in [0.05, 0.1) is 22.0 Å². The van der Waals surface area contributed by atoms with Gasteiger partial charge in [0.25, 0.3) is 10.0 Å². The second kappa shape index (κ2) is 12.8. The van der Waals surface area contributed by atoms with Crippen molar-refractivity contribution in [3.8, 4) is 5.75 Å². The molecule has 0 spiro atoms. The Morgan fingerprint density at radius 1 is 0.850 bits per heavy atom. The van der Waals surface area contributed by atoms with E-state index < -0.39 is 32.5 Å². The van der Waals surface area contributed by atoms with Gasteiger partial charge >= 0.3 is 0 Å². The fraction of sp³-hybridized carbons (Fsp3) is 0.345. The Bertz CT molecular complexity index is 1500. The first-order chi connectivity index (χ1) is 19.1. The Labute approximate surface area is 236 Å². The Hall–Kier alpha value is -3.41. The summed E-state index contributed by atoms with van der Waals surface area (Å²) in [6.07, 6.45) is 2.78. The zero-order valence-corrected chi connectivity index (χ0v) is 24.4. The summed E-state index contributed by atoms with van der Waals surface area (Å²) >= 11 is 0. The first kappa shape index (κ1) is 29.6. The Morgan fingerprint density at radius 3 is 2.10 bits per heavy atom. The molecule has 1 heterocycles. The second-order valence-electron chi connectivity index (χ2n) is 9.81. The van der Waals surface area contributed by atoms with Gasteiger partial charge in [0, 0.05) is 13.1 Å². The van der Waals surface area contributed by atoms with Gasteiger partial charge in [0.15, 0.2) is 0 Å². The predicted molar refractivity (Wildman–Crippen MR) is 154 cm³/mol. The number of carbonyl (C=O) groups is 1. The largest absolute Gasteiger partial charge is 0.492 e. The summed E-state index contributed by atoms with van der Waals surface area (Å²) in [6.45, 7) is 4.68. The van der Waals surface area contributed by atoms with Gasteiger partial charge in [-0.25, -0.2) is 16.8 Å². The van der Waals surface area contributed by atoms with Crippen LogP contribution in [0.25, 0.3) is 0 Å². The van der Waals surface area contributed by atoms with E-state index in [1.165, 1.54) is 28.6 Å². The number of aryl methyl sites for hydroxylation is 2. The third kappa shape index (κ3) is 7.21. The van der Waals surface area contributed by atoms with Crippen LogP contribution >= 0.6 is 0 Å². The van der Waals surface area contributed by atoms with Crippen molar-refractivity contribution in [2.75, 3.05) is 37.1 Å². The standard InChI is InChI=1S/C29H35N3O6S2/c1-23-19-24(2)21-25(20-23)32(40(36,37)27-9-5-3-6-10-27)22-29(33)30-15-18-38-26-11-13-28(14-12-26)39(34,35)31-16-7-4-8-17-31/h3,5-6,9-14,19-21H,4,7-8,15-18,22H2,1-2H3,(H,30,33). The molecule has 11 heteroatoms. The van der Waals surface area contributed by atoms with E-state index in [0.29, 0.717) is 24.5 Å². The van der Waals surface area contributed by atoms with Gasteiger partial charge in [-0.05, 0) is 86.3 Å². The molecular formula is C29H35N3O6S2. The fourth-order valence-corrected chi connectivity index (χ4v) is 7.58. The zero-order chi connectivity index (χ0) is 28.8. The van der Waals surface area contributed by atoms with Crippen molar-refractivity contribution in [1.29, 1.82) is 0 Å². The van der Waals surface area contributed by atoms with Gasteiger partial charge in [-0.15, -0.1) is 0 Å². The molecule has 40 heavy (non-hydrogen) atoms. The summed E-state index contributed by atoms with van der Waals surface area (Å²) in [6, 6.07) is 19.6. The number of nitrogens with one attached hydrogen (secondary N) is 1. The molecule has 1 aliphatic heterocycles. The Balaban J connectivity index is 1.36. The number of piperidine rings is 1. The maximum Gasteiger partial charge on any atom is 0.264 e. The van der Waals surface area contributed by atoms with E-state index in [1.807, 2.05) is 19.9 Å². The highest BCUT2D eigenvalue weighted by Gasteiger charge is 2.28. The molecule has 1 saturated heterocycles. The number of hydrogen-bond acceptors (Lipinski definition) is 6. The molecule has 3 aromatic carbocycles. The molecule has 0 aromatic heterocycles. The molecule has 0 saturated carbocycles. The van der Waals surface area contributed by atoms with Crippen molar-refractivity contribution in [1.82, 2.24) is 9.62 Å². The molecule has 0 unspecified atom stereocenters. The molecule has 9 nitrogen and oxygen atoms in total. The second-order valence-corrected chi connectivity index (χ2v) is 13.6. The normalized spacial score (nSPS) is 14.4. The third-order valence-corrected chi connectivity index (χ3v) is 10.3. The fourth-order valence-electron chi connectivity index (χ4n) is 4.64. The number of benzene rings is 3. The number of ether oxygens (including phenoxy) is 1. The van der Waals surface area contributed by atoms with Gasteiger partial charge in [0.2, 0.25) is 15.9 Å². The van der Waals surface area contributed by atoms with E-state index in [2.05, 4.69) is 5.32 Å². The highest BCUT2D eigenvalue weighted by atomic mass is 32.2. The lowest BCUT2D eigenvalue weighted by Crippen LogP contribution is -2.42. The molecule has 1 fully saturated rings. The molecular weight excluding hydrogens is 550 g/mol. The van der Waals surface area contributed by atoms with E-state index in [0.717, 1.165) is 34.7 Å². The van der Waals surface area contributed by atoms with Crippen LogP contribution < -0.4 is 14.4 Å². The van der Waals surface area contributed by atoms with Crippen molar-refractivity contribution in [3.63, 3.8) is 0 Å². The summed E-state index contributed by atoms with van der Waals surface area (Å²) in [5.74, 6) is -0.0133. The molecule has 0 aliphatic carbocycles. The van der Waals surface area contributed by atoms with E-state index >= 15 is 0 Å². The first-order valence-electron chi connectivity index (χ1n) is 13.2. The highest BCUT2D eigenvalue weighted by molar-refractivity contribution is 7.92. The van der Waals surface area contributed by atoms with Crippen LogP contribution in [-0.2, 0) is 24.8 Å². The molecule has 1 aliphatic rings. The van der Waals surface area contributed by atoms with Gasteiger partial charge < -0.3 is 10.1 Å². The van der Waals surface area contributed by atoms with Crippen LogP contribution in [0.3, 0.4) is 0 Å². The molecule has 3 aromatic rings. The van der Waals surface area contributed by atoms with Crippen molar-refractivity contribution in [3.05, 3.63) is 83.9 Å². The van der Waals surface area contributed by atoms with Crippen molar-refractivity contribution in [2.45, 2.75) is 42.9 Å². The molecule has 0 atom stereocenters. The molecule has 0 radical (unpaired) electrons. The SMILES string of the molecule is Cc1cc(C)cc(N(CC(=O)NCCOc2ccc(S(=O)(=O)N3CCCCC3)cc2)S(=O)(=O)c2ccccc2)c1. The quantitative estimate of drug-likeness (QED) is 0.342. The van der Waals surface area contributed by atoms with Gasteiger partial charge in [-0.1, -0.05) is 30.7 Å². The van der Waals surface area contributed by atoms with Crippen LogP contribution in [0.4, 0.5) is 5.69 Å². The first-order valence-corrected chi connectivity index (χ1v) is 16.1. The van der Waals surface area contributed by atoms with E-state index in [1.54, 1.807) is 42.5 Å². The lowest BCUT2D eigenvalue weighted by Gasteiger charge is -2.25. The summed E-state index contributed by atoms with van der Waals surface area (Å²) < 4.78 is 60.9. The van der Waals surface area contributed by atoms with Crippen molar-refractivity contribution in [2.24, 2.45) is 0 Å². The maximum absolute atomic E-state index is 13.5. The van der Waals surface area contributed by atoms with E-state index in [-0.39, 0.29) is 22.9 Å². The zero-order valence-electron chi connectivity index (χ0n) is 22.7. The van der Waals surface area contributed by atoms with Gasteiger partial charge in [0.1, 0.15) is 18.9 Å². The van der Waals surface area contributed by atoms with Crippen LogP contribution in [0.1, 0.15) is 30.4 Å². The summed E-state index contributed by atoms with van der Waals surface area (Å²) in [5, 5.41) is 2.71. The van der Waals surface area contributed by atoms with E-state index in [4.69, 9.17) is 4.74 Å². The number of sulfonamides is 2. The number of nitrogens with zero attached hydrogens (tertiary/aromatic N) is 2. The summed E-state index contributed by atoms with van der Waals surface area (Å²) in [5.41, 5.74) is 2.17. The van der Waals surface area contributed by atoms with Gasteiger partial charge in [-0.2, -0.15) is 4.31 Å². The summed E-state index contributed by atoms with van der Waals surface area (Å²) in [4.78, 5) is 13.2. The van der Waals surface area contributed by atoms with Crippen LogP contribution in [0.15, 0.2) is 82.6 Å². The van der Waals surface area contributed by atoms with Crippen LogP contribution in [0, 0.1) is 13.8 Å². The molecule has 1 N–H and O–H groups in total. The smallest absolute Gasteiger partial charge is 0.264 e. The Morgan fingerprint density at radius 2 is 1.48 bits per heavy atom. The third-order valence-electron chi connectivity index (χ3n) is 6.58. The van der Waals surface area contributed by atoms with Crippen LogP contribution in [0.2, 0.25) is 0 Å². The average Bonchev–Trinajstić information content (AvgIpc) is 2.94. The monoisotopic (exact) mass is 585 g/mol. The average molecular weight is 586 g/mol. The minimum atomic E-state index is -3.99. The van der Waals surface area contributed by atoms with E-state index in [9.17, 15) is 21.6 Å². The minimum Gasteiger partial charge on any atom is -0.492 e. The number of hydrogen-bond donors (Lipinski definition) is 1. The number of rotatable bonds is 11. The van der Waals surface area contributed by atoms with Crippen LogP contribution in [0.5, 0.6) is 5.75 Å². The van der Waals surface area contributed by atoms with Crippen LogP contribution in [-0.4, -0.2) is 59.8 Å². The van der Waals surface area contributed by atoms with Crippen molar-refractivity contribution >= 4 is 31.6 Å². The molecule has 214 valence electrons. The Kier molecular flexibility index (Phi) is 9.49. The highest BCUT2D eigenvalue weighted by Crippen LogP contribution is 2.26.